The Kier molecular flexibility index (Phi) is 6.18. The van der Waals surface area contributed by atoms with Gasteiger partial charge in [0.25, 0.3) is 0 Å². The lowest BCUT2D eigenvalue weighted by atomic mass is 10.2. The van der Waals surface area contributed by atoms with E-state index in [1.54, 1.807) is 13.2 Å². The Balaban J connectivity index is 3.09. The lowest BCUT2D eigenvalue weighted by Crippen LogP contribution is -2.09. The van der Waals surface area contributed by atoms with E-state index in [2.05, 4.69) is 15.7 Å². The molecule has 0 bridgehead atoms. The third-order valence-corrected chi connectivity index (χ3v) is 3.66. The Morgan fingerprint density at radius 1 is 1.29 bits per heavy atom. The molecule has 0 saturated heterocycles. The number of halogens is 5. The Bertz CT molecular complexity index is 568. The van der Waals surface area contributed by atoms with Gasteiger partial charge in [0.15, 0.2) is 5.04 Å². The van der Waals surface area contributed by atoms with Crippen molar-refractivity contribution in [3.05, 3.63) is 27.7 Å². The summed E-state index contributed by atoms with van der Waals surface area (Å²) in [6.07, 6.45) is -2.87. The van der Waals surface area contributed by atoms with Crippen molar-refractivity contribution in [2.24, 2.45) is 10.3 Å². The highest BCUT2D eigenvalue weighted by Crippen LogP contribution is 2.38. The summed E-state index contributed by atoms with van der Waals surface area (Å²) in [6, 6.07) is 1.49. The fraction of sp³-hybridized carbons (Fsp3) is 0.273. The van der Waals surface area contributed by atoms with Crippen LogP contribution >= 0.6 is 35.0 Å². The smallest absolute Gasteiger partial charge is 0.410 e. The molecule has 2 N–H and O–H groups in total. The fourth-order valence-electron chi connectivity index (χ4n) is 1.29. The van der Waals surface area contributed by atoms with Gasteiger partial charge >= 0.3 is 6.18 Å². The van der Waals surface area contributed by atoms with Gasteiger partial charge in [-0.2, -0.15) is 18.3 Å². The van der Waals surface area contributed by atoms with Gasteiger partial charge in [0.05, 0.1) is 27.0 Å². The van der Waals surface area contributed by atoms with Crippen molar-refractivity contribution < 1.29 is 18.4 Å². The van der Waals surface area contributed by atoms with E-state index in [-0.39, 0.29) is 20.8 Å². The van der Waals surface area contributed by atoms with Gasteiger partial charge in [-0.3, -0.25) is 5.43 Å². The summed E-state index contributed by atoms with van der Waals surface area (Å²) in [5.74, 6) is 0. The first-order chi connectivity index (χ1) is 9.70. The molecule has 21 heavy (non-hydrogen) atoms. The topological polar surface area (TPSA) is 57.0 Å². The highest BCUT2D eigenvalue weighted by atomic mass is 35.5. The second-order valence-electron chi connectivity index (χ2n) is 3.73. The fourth-order valence-corrected chi connectivity index (χ4v) is 2.29. The van der Waals surface area contributed by atoms with E-state index in [1.807, 2.05) is 0 Å². The van der Waals surface area contributed by atoms with E-state index >= 15 is 0 Å². The van der Waals surface area contributed by atoms with Gasteiger partial charge in [0, 0.05) is 0 Å². The van der Waals surface area contributed by atoms with Gasteiger partial charge < -0.3 is 5.21 Å². The van der Waals surface area contributed by atoms with Gasteiger partial charge in [-0.25, -0.2) is 0 Å². The van der Waals surface area contributed by atoms with Crippen LogP contribution in [0.5, 0.6) is 0 Å². The molecule has 4 nitrogen and oxygen atoms in total. The second kappa shape index (κ2) is 7.24. The predicted octanol–water partition coefficient (Wildman–Crippen LogP) is 4.95. The SMILES string of the molecule is CSC(=N\O)/C(C)=N/Nc1c(Cl)cc(C(F)(F)F)cc1Cl. The minimum atomic E-state index is -4.54. The molecule has 0 spiro atoms. The first-order valence-corrected chi connectivity index (χ1v) is 7.31. The average molecular weight is 360 g/mol. The third kappa shape index (κ3) is 4.69. The molecule has 116 valence electrons. The molecule has 0 heterocycles. The highest BCUT2D eigenvalue weighted by molar-refractivity contribution is 8.15. The van der Waals surface area contributed by atoms with Crippen molar-refractivity contribution in [2.45, 2.75) is 13.1 Å². The van der Waals surface area contributed by atoms with Crippen molar-refractivity contribution in [1.29, 1.82) is 0 Å². The molecular weight excluding hydrogens is 350 g/mol. The number of anilines is 1. The quantitative estimate of drug-likeness (QED) is 0.347. The molecule has 0 amide bonds. The molecule has 1 aromatic carbocycles. The van der Waals surface area contributed by atoms with E-state index in [0.717, 1.165) is 23.9 Å². The number of oxime groups is 1. The first-order valence-electron chi connectivity index (χ1n) is 5.33. The Labute approximate surface area is 133 Å². The molecule has 0 fully saturated rings. The van der Waals surface area contributed by atoms with Crippen LogP contribution in [0.15, 0.2) is 22.4 Å². The van der Waals surface area contributed by atoms with Gasteiger partial charge in [-0.15, -0.1) is 11.8 Å². The predicted molar refractivity (Wildman–Crippen MR) is 80.9 cm³/mol. The molecule has 1 rings (SSSR count). The molecule has 0 radical (unpaired) electrons. The lowest BCUT2D eigenvalue weighted by Gasteiger charge is -2.12. The minimum Gasteiger partial charge on any atom is -0.410 e. The number of benzene rings is 1. The zero-order chi connectivity index (χ0) is 16.2. The first kappa shape index (κ1) is 17.9. The summed E-state index contributed by atoms with van der Waals surface area (Å²) >= 11 is 12.7. The van der Waals surface area contributed by atoms with Crippen LogP contribution in [0.1, 0.15) is 12.5 Å². The maximum Gasteiger partial charge on any atom is 0.416 e. The van der Waals surface area contributed by atoms with Gasteiger partial charge in [-0.1, -0.05) is 28.4 Å². The molecule has 0 aromatic heterocycles. The number of hydrazone groups is 1. The molecular formula is C11H10Cl2F3N3OS. The summed E-state index contributed by atoms with van der Waals surface area (Å²) < 4.78 is 37.7. The van der Waals surface area contributed by atoms with Crippen LogP contribution in [-0.2, 0) is 6.18 Å². The van der Waals surface area contributed by atoms with Crippen molar-refractivity contribution in [2.75, 3.05) is 11.7 Å². The van der Waals surface area contributed by atoms with Gasteiger partial charge in [-0.05, 0) is 25.3 Å². The van der Waals surface area contributed by atoms with Crippen LogP contribution in [0, 0.1) is 0 Å². The third-order valence-electron chi connectivity index (χ3n) is 2.30. The van der Waals surface area contributed by atoms with E-state index in [0.29, 0.717) is 5.71 Å². The largest absolute Gasteiger partial charge is 0.416 e. The molecule has 0 saturated carbocycles. The van der Waals surface area contributed by atoms with Crippen molar-refractivity contribution in [3.63, 3.8) is 0 Å². The van der Waals surface area contributed by atoms with Crippen LogP contribution in [0.2, 0.25) is 10.0 Å². The highest BCUT2D eigenvalue weighted by Gasteiger charge is 2.32. The van der Waals surface area contributed by atoms with E-state index < -0.39 is 11.7 Å². The zero-order valence-corrected chi connectivity index (χ0v) is 13.1. The van der Waals surface area contributed by atoms with Crippen LogP contribution in [-0.4, -0.2) is 22.2 Å². The van der Waals surface area contributed by atoms with E-state index in [1.165, 1.54) is 0 Å². The monoisotopic (exact) mass is 359 g/mol. The maximum absolute atomic E-state index is 12.6. The minimum absolute atomic E-state index is 0.0316. The van der Waals surface area contributed by atoms with Crippen LogP contribution in [0.3, 0.4) is 0 Å². The van der Waals surface area contributed by atoms with Crippen molar-refractivity contribution >= 4 is 51.4 Å². The normalized spacial score (nSPS) is 13.5. The Morgan fingerprint density at radius 3 is 2.19 bits per heavy atom. The number of rotatable bonds is 3. The summed E-state index contributed by atoms with van der Waals surface area (Å²) in [7, 11) is 0. The van der Waals surface area contributed by atoms with Gasteiger partial charge in [0.1, 0.15) is 0 Å². The number of thioether (sulfide) groups is 1. The zero-order valence-electron chi connectivity index (χ0n) is 10.8. The number of nitrogens with zero attached hydrogens (tertiary/aromatic N) is 2. The average Bonchev–Trinajstić information content (AvgIpc) is 2.37. The van der Waals surface area contributed by atoms with Crippen LogP contribution < -0.4 is 5.43 Å². The maximum atomic E-state index is 12.6. The van der Waals surface area contributed by atoms with Crippen molar-refractivity contribution in [3.8, 4) is 0 Å². The number of hydrogen-bond acceptors (Lipinski definition) is 5. The van der Waals surface area contributed by atoms with Crippen LogP contribution in [0.4, 0.5) is 18.9 Å². The number of hydrogen-bond donors (Lipinski definition) is 2. The Hall–Kier alpha value is -1.12. The van der Waals surface area contributed by atoms with Gasteiger partial charge in [0.2, 0.25) is 0 Å². The number of nitrogens with one attached hydrogen (secondary N) is 1. The molecule has 10 heteroatoms. The summed E-state index contributed by atoms with van der Waals surface area (Å²) in [6.45, 7) is 1.55. The van der Waals surface area contributed by atoms with Crippen LogP contribution in [0.25, 0.3) is 0 Å². The molecule has 0 aliphatic heterocycles. The molecule has 0 aliphatic carbocycles. The lowest BCUT2D eigenvalue weighted by molar-refractivity contribution is -0.137. The standard InChI is InChI=1S/C11H10Cl2F3N3OS/c1-5(10(19-20)21-2)17-18-9-7(12)3-6(4-8(9)13)11(14,15)16/h3-4,18,20H,1-2H3/b17-5+,19-10-. The summed E-state index contributed by atoms with van der Waals surface area (Å²) in [4.78, 5) is 0. The molecule has 0 aliphatic rings. The van der Waals surface area contributed by atoms with E-state index in [4.69, 9.17) is 28.4 Å². The molecule has 0 unspecified atom stereocenters. The summed E-state index contributed by atoms with van der Waals surface area (Å²) in [5, 5.41) is 15.4. The molecule has 0 atom stereocenters. The molecule has 1 aromatic rings. The second-order valence-corrected chi connectivity index (χ2v) is 5.34. The Morgan fingerprint density at radius 2 is 1.81 bits per heavy atom. The van der Waals surface area contributed by atoms with E-state index in [9.17, 15) is 13.2 Å². The number of alkyl halides is 3. The summed E-state index contributed by atoms with van der Waals surface area (Å²) in [5.41, 5.74) is 1.86. The van der Waals surface area contributed by atoms with Crippen molar-refractivity contribution in [1.82, 2.24) is 0 Å².